The molecule has 118 valence electrons. The number of hydrogen-bond donors (Lipinski definition) is 1. The lowest BCUT2D eigenvalue weighted by Gasteiger charge is -2.29. The van der Waals surface area contributed by atoms with Gasteiger partial charge in [-0.05, 0) is 50.8 Å². The molecule has 0 saturated carbocycles. The molecule has 0 aromatic heterocycles. The molecule has 22 heavy (non-hydrogen) atoms. The molecule has 1 aromatic rings. The molecule has 1 N–H and O–H groups in total. The van der Waals surface area contributed by atoms with Crippen molar-refractivity contribution in [1.82, 2.24) is 4.90 Å². The Morgan fingerprint density at radius 1 is 1.36 bits per heavy atom. The first-order chi connectivity index (χ1) is 10.3. The number of anilines is 1. The molecule has 0 spiro atoms. The van der Waals surface area contributed by atoms with Crippen LogP contribution in [-0.4, -0.2) is 29.0 Å². The van der Waals surface area contributed by atoms with Crippen molar-refractivity contribution in [3.63, 3.8) is 0 Å². The summed E-state index contributed by atoms with van der Waals surface area (Å²) in [5.41, 5.74) is 2.46. The van der Waals surface area contributed by atoms with Gasteiger partial charge in [-0.1, -0.05) is 12.1 Å². The summed E-state index contributed by atoms with van der Waals surface area (Å²) in [6.07, 6.45) is 1.98. The summed E-state index contributed by atoms with van der Waals surface area (Å²) in [4.78, 5) is 25.9. The Kier molecular flexibility index (Phi) is 3.59. The summed E-state index contributed by atoms with van der Waals surface area (Å²) in [5.74, 6) is 0.0178. The fourth-order valence-corrected chi connectivity index (χ4v) is 3.22. The van der Waals surface area contributed by atoms with Crippen LogP contribution >= 0.6 is 0 Å². The average molecular weight is 302 g/mol. The smallest absolute Gasteiger partial charge is 0.410 e. The van der Waals surface area contributed by atoms with Crippen LogP contribution in [0.2, 0.25) is 0 Å². The van der Waals surface area contributed by atoms with Gasteiger partial charge in [0.15, 0.2) is 0 Å². The van der Waals surface area contributed by atoms with Crippen LogP contribution in [0.1, 0.15) is 50.8 Å². The summed E-state index contributed by atoms with van der Waals surface area (Å²) >= 11 is 0. The topological polar surface area (TPSA) is 58.6 Å². The van der Waals surface area contributed by atoms with Gasteiger partial charge in [0.25, 0.3) is 0 Å². The van der Waals surface area contributed by atoms with E-state index in [0.717, 1.165) is 29.7 Å². The molecule has 1 atom stereocenters. The third-order valence-corrected chi connectivity index (χ3v) is 4.06. The van der Waals surface area contributed by atoms with Gasteiger partial charge in [-0.2, -0.15) is 0 Å². The number of hydrogen-bond acceptors (Lipinski definition) is 3. The quantitative estimate of drug-likeness (QED) is 0.866. The third-order valence-electron chi connectivity index (χ3n) is 4.06. The lowest BCUT2D eigenvalue weighted by molar-refractivity contribution is -0.115. The summed E-state index contributed by atoms with van der Waals surface area (Å²) in [6, 6.07) is 5.87. The van der Waals surface area contributed by atoms with Crippen molar-refractivity contribution in [3.05, 3.63) is 29.3 Å². The molecular weight excluding hydrogens is 280 g/mol. The minimum atomic E-state index is -0.500. The van der Waals surface area contributed by atoms with Crippen LogP contribution in [0, 0.1) is 0 Å². The van der Waals surface area contributed by atoms with Crippen molar-refractivity contribution < 1.29 is 14.3 Å². The number of rotatable bonds is 1. The van der Waals surface area contributed by atoms with E-state index in [9.17, 15) is 9.59 Å². The number of fused-ring (bicyclic) bond motifs is 1. The number of carbonyl (C=O) groups is 2. The number of carbonyl (C=O) groups excluding carboxylic acids is 2. The normalized spacial score (nSPS) is 20.8. The highest BCUT2D eigenvalue weighted by atomic mass is 16.6. The molecule has 0 unspecified atom stereocenters. The van der Waals surface area contributed by atoms with Gasteiger partial charge in [-0.3, -0.25) is 4.79 Å². The van der Waals surface area contributed by atoms with Gasteiger partial charge in [0.1, 0.15) is 5.60 Å². The lowest BCUT2D eigenvalue weighted by atomic mass is 9.96. The number of likely N-dealkylation sites (tertiary alicyclic amines) is 1. The van der Waals surface area contributed by atoms with Crippen LogP contribution in [0.3, 0.4) is 0 Å². The van der Waals surface area contributed by atoms with Crippen LogP contribution in [0.15, 0.2) is 18.2 Å². The molecule has 1 saturated heterocycles. The van der Waals surface area contributed by atoms with Crippen molar-refractivity contribution in [2.24, 2.45) is 0 Å². The van der Waals surface area contributed by atoms with E-state index in [2.05, 4.69) is 5.32 Å². The minimum Gasteiger partial charge on any atom is -0.444 e. The highest BCUT2D eigenvalue weighted by molar-refractivity contribution is 5.99. The number of nitrogens with one attached hydrogen (secondary N) is 1. The van der Waals surface area contributed by atoms with Crippen LogP contribution < -0.4 is 5.32 Å². The molecule has 1 fully saturated rings. The van der Waals surface area contributed by atoms with Gasteiger partial charge in [0.2, 0.25) is 5.91 Å². The maximum absolute atomic E-state index is 12.4. The Morgan fingerprint density at radius 2 is 2.14 bits per heavy atom. The Bertz CT molecular complexity index is 619. The monoisotopic (exact) mass is 302 g/mol. The van der Waals surface area contributed by atoms with E-state index in [0.29, 0.717) is 13.0 Å². The predicted octanol–water partition coefficient (Wildman–Crippen LogP) is 3.25. The molecule has 0 bridgehead atoms. The second kappa shape index (κ2) is 5.30. The molecule has 0 radical (unpaired) electrons. The number of ether oxygens (including phenoxy) is 1. The van der Waals surface area contributed by atoms with Crippen molar-refractivity contribution in [2.75, 3.05) is 11.9 Å². The van der Waals surface area contributed by atoms with E-state index in [1.54, 1.807) is 4.90 Å². The van der Waals surface area contributed by atoms with Crippen LogP contribution in [-0.2, 0) is 16.0 Å². The number of benzene rings is 1. The maximum atomic E-state index is 12.4. The fraction of sp³-hybridized carbons (Fsp3) is 0.529. The van der Waals surface area contributed by atoms with E-state index >= 15 is 0 Å². The molecule has 1 aromatic carbocycles. The van der Waals surface area contributed by atoms with Gasteiger partial charge < -0.3 is 15.0 Å². The second-order valence-electron chi connectivity index (χ2n) is 6.93. The maximum Gasteiger partial charge on any atom is 0.410 e. The summed E-state index contributed by atoms with van der Waals surface area (Å²) < 4.78 is 5.52. The third kappa shape index (κ3) is 2.80. The zero-order valence-electron chi connectivity index (χ0n) is 13.3. The highest BCUT2D eigenvalue weighted by Gasteiger charge is 2.35. The summed E-state index contributed by atoms with van der Waals surface area (Å²) in [6.45, 7) is 6.32. The van der Waals surface area contributed by atoms with Crippen molar-refractivity contribution in [2.45, 2.75) is 51.7 Å². The Balaban J connectivity index is 1.87. The van der Waals surface area contributed by atoms with Gasteiger partial charge in [0, 0.05) is 12.2 Å². The van der Waals surface area contributed by atoms with Crippen molar-refractivity contribution in [3.8, 4) is 0 Å². The van der Waals surface area contributed by atoms with E-state index in [4.69, 9.17) is 4.74 Å². The Labute approximate surface area is 130 Å². The van der Waals surface area contributed by atoms with Crippen LogP contribution in [0.25, 0.3) is 0 Å². The number of nitrogens with zero attached hydrogens (tertiary/aromatic N) is 1. The second-order valence-corrected chi connectivity index (χ2v) is 6.93. The van der Waals surface area contributed by atoms with Gasteiger partial charge >= 0.3 is 6.09 Å². The van der Waals surface area contributed by atoms with Gasteiger partial charge in [-0.15, -0.1) is 0 Å². The first-order valence-electron chi connectivity index (χ1n) is 7.76. The molecule has 5 heteroatoms. The minimum absolute atomic E-state index is 0.00231. The standard InChI is InChI=1S/C17H22N2O3/c1-17(2,3)22-16(21)19-9-5-8-14(19)11-6-4-7-13-12(11)10-15(20)18-13/h4,6-7,14H,5,8-10H2,1-3H3,(H,18,20)/t14-/m1/s1. The van der Waals surface area contributed by atoms with Crippen LogP contribution in [0.4, 0.5) is 10.5 Å². The van der Waals surface area contributed by atoms with E-state index in [1.807, 2.05) is 39.0 Å². The average Bonchev–Trinajstić information content (AvgIpc) is 3.00. The van der Waals surface area contributed by atoms with E-state index in [1.165, 1.54) is 0 Å². The number of amides is 2. The molecule has 2 aliphatic heterocycles. The molecule has 5 nitrogen and oxygen atoms in total. The zero-order valence-corrected chi connectivity index (χ0v) is 13.3. The van der Waals surface area contributed by atoms with Crippen molar-refractivity contribution in [1.29, 1.82) is 0 Å². The first-order valence-corrected chi connectivity index (χ1v) is 7.76. The van der Waals surface area contributed by atoms with E-state index in [-0.39, 0.29) is 18.0 Å². The lowest BCUT2D eigenvalue weighted by Crippen LogP contribution is -2.36. The van der Waals surface area contributed by atoms with Gasteiger partial charge in [-0.25, -0.2) is 4.79 Å². The molecule has 2 amide bonds. The Hall–Kier alpha value is -2.04. The molecule has 2 heterocycles. The first kappa shape index (κ1) is 14.9. The van der Waals surface area contributed by atoms with Gasteiger partial charge in [0.05, 0.1) is 12.5 Å². The SMILES string of the molecule is CC(C)(C)OC(=O)N1CCC[C@@H]1c1cccc2c1CC(=O)N2. The highest BCUT2D eigenvalue weighted by Crippen LogP contribution is 2.38. The Morgan fingerprint density at radius 3 is 2.86 bits per heavy atom. The van der Waals surface area contributed by atoms with Crippen LogP contribution in [0.5, 0.6) is 0 Å². The predicted molar refractivity (Wildman–Crippen MR) is 83.7 cm³/mol. The summed E-state index contributed by atoms with van der Waals surface area (Å²) in [5, 5.41) is 2.87. The molecule has 2 aliphatic rings. The summed E-state index contributed by atoms with van der Waals surface area (Å²) in [7, 11) is 0. The fourth-order valence-electron chi connectivity index (χ4n) is 3.22. The molecule has 0 aliphatic carbocycles. The molecular formula is C17H22N2O3. The largest absolute Gasteiger partial charge is 0.444 e. The van der Waals surface area contributed by atoms with Crippen molar-refractivity contribution >= 4 is 17.7 Å². The zero-order chi connectivity index (χ0) is 15.9. The van der Waals surface area contributed by atoms with E-state index < -0.39 is 5.60 Å². The molecule has 3 rings (SSSR count).